The highest BCUT2D eigenvalue weighted by Gasteiger charge is 2.14. The summed E-state index contributed by atoms with van der Waals surface area (Å²) in [4.78, 5) is 23.6. The molecule has 0 aliphatic heterocycles. The predicted molar refractivity (Wildman–Crippen MR) is 88.1 cm³/mol. The van der Waals surface area contributed by atoms with Crippen molar-refractivity contribution in [2.75, 3.05) is 19.0 Å². The molecule has 0 heterocycles. The Morgan fingerprint density at radius 1 is 1.25 bits per heavy atom. The monoisotopic (exact) mass is 344 g/mol. The molecule has 0 atom stereocenters. The molecule has 0 saturated heterocycles. The van der Waals surface area contributed by atoms with Crippen LogP contribution < -0.4 is 10.1 Å². The number of hydrogen-bond acceptors (Lipinski definition) is 5. The van der Waals surface area contributed by atoms with Crippen LogP contribution in [0.15, 0.2) is 42.5 Å². The molecule has 0 spiro atoms. The number of ether oxygens (including phenoxy) is 2. The fraction of sp³-hybridized carbons (Fsp3) is 0.118. The Morgan fingerprint density at radius 2 is 2.00 bits per heavy atom. The Bertz CT molecular complexity index is 814. The van der Waals surface area contributed by atoms with Crippen LogP contribution in [0.25, 0.3) is 0 Å². The molecular formula is C17H13ClN2O4. The average Bonchev–Trinajstić information content (AvgIpc) is 2.59. The normalized spacial score (nSPS) is 9.71. The summed E-state index contributed by atoms with van der Waals surface area (Å²) < 4.78 is 10.0. The van der Waals surface area contributed by atoms with Crippen LogP contribution in [0, 0.1) is 11.3 Å². The molecule has 24 heavy (non-hydrogen) atoms. The lowest BCUT2D eigenvalue weighted by Crippen LogP contribution is -2.21. The van der Waals surface area contributed by atoms with Crippen LogP contribution in [0.4, 0.5) is 5.69 Å². The number of amides is 1. The van der Waals surface area contributed by atoms with Gasteiger partial charge in [0.05, 0.1) is 18.4 Å². The number of benzene rings is 2. The van der Waals surface area contributed by atoms with Gasteiger partial charge in [-0.25, -0.2) is 4.79 Å². The maximum atomic E-state index is 12.0. The lowest BCUT2D eigenvalue weighted by atomic mass is 10.2. The van der Waals surface area contributed by atoms with E-state index < -0.39 is 11.9 Å². The van der Waals surface area contributed by atoms with Crippen molar-refractivity contribution in [2.45, 2.75) is 0 Å². The van der Waals surface area contributed by atoms with E-state index >= 15 is 0 Å². The molecule has 2 rings (SSSR count). The van der Waals surface area contributed by atoms with Crippen LogP contribution in [-0.4, -0.2) is 25.6 Å². The van der Waals surface area contributed by atoms with E-state index in [1.54, 1.807) is 24.3 Å². The Morgan fingerprint density at radius 3 is 2.71 bits per heavy atom. The highest BCUT2D eigenvalue weighted by Crippen LogP contribution is 2.21. The number of hydrogen-bond donors (Lipinski definition) is 1. The topological polar surface area (TPSA) is 88.4 Å². The third-order valence-electron chi connectivity index (χ3n) is 3.03. The number of carbonyl (C=O) groups is 2. The number of esters is 1. The first-order valence-corrected chi connectivity index (χ1v) is 7.22. The number of rotatable bonds is 5. The van der Waals surface area contributed by atoms with Crippen molar-refractivity contribution in [3.63, 3.8) is 0 Å². The quantitative estimate of drug-likeness (QED) is 0.842. The van der Waals surface area contributed by atoms with Gasteiger partial charge in [-0.1, -0.05) is 23.7 Å². The molecule has 2 aromatic carbocycles. The Hall–Kier alpha value is -3.04. The molecule has 1 amide bonds. The van der Waals surface area contributed by atoms with E-state index in [9.17, 15) is 9.59 Å². The van der Waals surface area contributed by atoms with Gasteiger partial charge in [0.1, 0.15) is 17.4 Å². The smallest absolute Gasteiger partial charge is 0.341 e. The van der Waals surface area contributed by atoms with Crippen LogP contribution in [0.1, 0.15) is 15.9 Å². The van der Waals surface area contributed by atoms with Crippen molar-refractivity contribution in [2.24, 2.45) is 0 Å². The lowest BCUT2D eigenvalue weighted by Gasteiger charge is -2.11. The summed E-state index contributed by atoms with van der Waals surface area (Å²) in [7, 11) is 1.26. The van der Waals surface area contributed by atoms with Crippen LogP contribution in [0.5, 0.6) is 5.75 Å². The molecule has 0 aliphatic carbocycles. The zero-order chi connectivity index (χ0) is 17.5. The highest BCUT2D eigenvalue weighted by molar-refractivity contribution is 6.31. The second-order valence-electron chi connectivity index (χ2n) is 4.63. The summed E-state index contributed by atoms with van der Waals surface area (Å²) in [5.74, 6) is -0.827. The lowest BCUT2D eigenvalue weighted by molar-refractivity contribution is -0.118. The fourth-order valence-electron chi connectivity index (χ4n) is 1.92. The zero-order valence-electron chi connectivity index (χ0n) is 12.7. The first kappa shape index (κ1) is 17.3. The molecule has 0 aromatic heterocycles. The number of nitriles is 1. The molecule has 7 heteroatoms. The van der Waals surface area contributed by atoms with E-state index in [4.69, 9.17) is 21.6 Å². The van der Waals surface area contributed by atoms with Gasteiger partial charge in [-0.15, -0.1) is 0 Å². The highest BCUT2D eigenvalue weighted by atomic mass is 35.5. The van der Waals surface area contributed by atoms with Crippen molar-refractivity contribution in [1.82, 2.24) is 0 Å². The number of nitrogens with zero attached hydrogens (tertiary/aromatic N) is 1. The van der Waals surface area contributed by atoms with Crippen LogP contribution in [0.3, 0.4) is 0 Å². The second kappa shape index (κ2) is 7.99. The van der Waals surface area contributed by atoms with E-state index in [1.165, 1.54) is 25.3 Å². The molecule has 0 aliphatic rings. The molecule has 0 radical (unpaired) electrons. The molecule has 2 aromatic rings. The van der Waals surface area contributed by atoms with E-state index in [0.29, 0.717) is 10.7 Å². The maximum absolute atomic E-state index is 12.0. The van der Waals surface area contributed by atoms with Gasteiger partial charge in [-0.2, -0.15) is 5.26 Å². The van der Waals surface area contributed by atoms with Gasteiger partial charge in [-0.3, -0.25) is 4.79 Å². The largest absolute Gasteiger partial charge is 0.483 e. The SMILES string of the molecule is COC(=O)c1ccccc1OCC(=O)Nc1cc(Cl)ccc1C#N. The van der Waals surface area contributed by atoms with Crippen LogP contribution >= 0.6 is 11.6 Å². The minimum absolute atomic E-state index is 0.216. The van der Waals surface area contributed by atoms with Gasteiger partial charge in [0.2, 0.25) is 0 Å². The molecular weight excluding hydrogens is 332 g/mol. The minimum atomic E-state index is -0.562. The van der Waals surface area contributed by atoms with Gasteiger partial charge in [0.25, 0.3) is 5.91 Å². The molecule has 122 valence electrons. The molecule has 0 unspecified atom stereocenters. The van der Waals surface area contributed by atoms with Crippen molar-refractivity contribution in [3.8, 4) is 11.8 Å². The molecule has 0 fully saturated rings. The Kier molecular flexibility index (Phi) is 5.77. The Labute approximate surface area is 143 Å². The van der Waals surface area contributed by atoms with Crippen LogP contribution in [0.2, 0.25) is 5.02 Å². The van der Waals surface area contributed by atoms with Crippen molar-refractivity contribution >= 4 is 29.2 Å². The van der Waals surface area contributed by atoms with Crippen LogP contribution in [-0.2, 0) is 9.53 Å². The number of anilines is 1. The van der Waals surface area contributed by atoms with Crippen molar-refractivity contribution in [1.29, 1.82) is 5.26 Å². The number of nitrogens with one attached hydrogen (secondary N) is 1. The molecule has 0 bridgehead atoms. The minimum Gasteiger partial charge on any atom is -0.483 e. The summed E-state index contributed by atoms with van der Waals surface area (Å²) >= 11 is 5.86. The van der Waals surface area contributed by atoms with E-state index in [0.717, 1.165) is 0 Å². The van der Waals surface area contributed by atoms with Crippen molar-refractivity contribution < 1.29 is 19.1 Å². The van der Waals surface area contributed by atoms with Gasteiger partial charge >= 0.3 is 5.97 Å². The summed E-state index contributed by atoms with van der Waals surface area (Å²) in [6.45, 7) is -0.342. The van der Waals surface area contributed by atoms with E-state index in [2.05, 4.69) is 10.1 Å². The first-order chi connectivity index (χ1) is 11.5. The zero-order valence-corrected chi connectivity index (χ0v) is 13.5. The van der Waals surface area contributed by atoms with E-state index in [1.807, 2.05) is 6.07 Å². The van der Waals surface area contributed by atoms with Crippen molar-refractivity contribution in [3.05, 3.63) is 58.6 Å². The summed E-state index contributed by atoms with van der Waals surface area (Å²) in [6.07, 6.45) is 0. The number of halogens is 1. The fourth-order valence-corrected chi connectivity index (χ4v) is 2.09. The summed E-state index contributed by atoms with van der Waals surface area (Å²) in [5, 5.41) is 12.0. The van der Waals surface area contributed by atoms with E-state index in [-0.39, 0.29) is 23.5 Å². The van der Waals surface area contributed by atoms with Gasteiger partial charge in [-0.05, 0) is 30.3 Å². The maximum Gasteiger partial charge on any atom is 0.341 e. The number of methoxy groups -OCH3 is 1. The number of carbonyl (C=O) groups excluding carboxylic acids is 2. The van der Waals surface area contributed by atoms with Gasteiger partial charge < -0.3 is 14.8 Å². The third kappa shape index (κ3) is 4.24. The molecule has 0 saturated carbocycles. The summed E-state index contributed by atoms with van der Waals surface area (Å²) in [5.41, 5.74) is 0.788. The third-order valence-corrected chi connectivity index (χ3v) is 3.26. The molecule has 6 nitrogen and oxygen atoms in total. The second-order valence-corrected chi connectivity index (χ2v) is 5.06. The summed E-state index contributed by atoms with van der Waals surface area (Å²) in [6, 6.07) is 12.9. The first-order valence-electron chi connectivity index (χ1n) is 6.84. The van der Waals surface area contributed by atoms with Gasteiger partial charge in [0.15, 0.2) is 6.61 Å². The number of para-hydroxylation sites is 1. The Balaban J connectivity index is 2.06. The van der Waals surface area contributed by atoms with Gasteiger partial charge in [0, 0.05) is 5.02 Å². The molecule has 1 N–H and O–H groups in total. The standard InChI is InChI=1S/C17H13ClN2O4/c1-23-17(22)13-4-2-3-5-15(13)24-10-16(21)20-14-8-12(18)7-6-11(14)9-19/h2-8H,10H2,1H3,(H,20,21). The average molecular weight is 345 g/mol. The predicted octanol–water partition coefficient (Wildman–Crippen LogP) is 3.02.